The molecular formula is C9H18N4S. The number of rotatable bonds is 5. The van der Waals surface area contributed by atoms with E-state index in [4.69, 9.17) is 5.73 Å². The third-order valence-electron chi connectivity index (χ3n) is 1.64. The highest BCUT2D eigenvalue weighted by Crippen LogP contribution is 2.12. The standard InChI is InChI=1S/C9H18N4S/c1-4-5-7-12-8(14-13-7)11-6-9(2,3)10/h4-6,10H2,1-3H3,(H,11,12,13). The van der Waals surface area contributed by atoms with Gasteiger partial charge in [0.15, 0.2) is 0 Å². The Morgan fingerprint density at radius 1 is 1.50 bits per heavy atom. The fourth-order valence-electron chi connectivity index (χ4n) is 0.954. The lowest BCUT2D eigenvalue weighted by Crippen LogP contribution is -2.39. The van der Waals surface area contributed by atoms with E-state index in [0.29, 0.717) is 6.54 Å². The van der Waals surface area contributed by atoms with Crippen molar-refractivity contribution >= 4 is 16.7 Å². The summed E-state index contributed by atoms with van der Waals surface area (Å²) >= 11 is 1.40. The van der Waals surface area contributed by atoms with Crippen molar-refractivity contribution < 1.29 is 0 Å². The van der Waals surface area contributed by atoms with Crippen LogP contribution in [0.5, 0.6) is 0 Å². The number of hydrogen-bond acceptors (Lipinski definition) is 5. The van der Waals surface area contributed by atoms with Crippen molar-refractivity contribution in [3.05, 3.63) is 5.82 Å². The van der Waals surface area contributed by atoms with E-state index in [0.717, 1.165) is 23.8 Å². The fourth-order valence-corrected chi connectivity index (χ4v) is 1.56. The number of anilines is 1. The number of nitrogens with zero attached hydrogens (tertiary/aromatic N) is 2. The maximum Gasteiger partial charge on any atom is 0.202 e. The molecule has 1 aromatic rings. The molecule has 0 aromatic carbocycles. The summed E-state index contributed by atoms with van der Waals surface area (Å²) < 4.78 is 4.23. The SMILES string of the molecule is CCCc1nsc(NCC(C)(C)N)n1. The predicted molar refractivity (Wildman–Crippen MR) is 60.7 cm³/mol. The molecule has 1 heterocycles. The molecule has 0 amide bonds. The Balaban J connectivity index is 2.44. The minimum atomic E-state index is -0.212. The third kappa shape index (κ3) is 4.02. The van der Waals surface area contributed by atoms with Gasteiger partial charge in [-0.3, -0.25) is 0 Å². The second-order valence-corrected chi connectivity index (χ2v) is 4.86. The van der Waals surface area contributed by atoms with Crippen LogP contribution in [0.3, 0.4) is 0 Å². The van der Waals surface area contributed by atoms with Gasteiger partial charge in [0.2, 0.25) is 5.13 Å². The summed E-state index contributed by atoms with van der Waals surface area (Å²) in [6, 6.07) is 0. The molecule has 5 heteroatoms. The van der Waals surface area contributed by atoms with Crippen LogP contribution in [-0.4, -0.2) is 21.4 Å². The molecule has 1 rings (SSSR count). The molecule has 0 aliphatic rings. The Labute approximate surface area is 89.1 Å². The minimum absolute atomic E-state index is 0.212. The Bertz CT molecular complexity index is 277. The molecule has 0 atom stereocenters. The number of nitrogens with two attached hydrogens (primary N) is 1. The third-order valence-corrected chi connectivity index (χ3v) is 2.35. The van der Waals surface area contributed by atoms with Crippen molar-refractivity contribution in [1.82, 2.24) is 9.36 Å². The smallest absolute Gasteiger partial charge is 0.202 e. The van der Waals surface area contributed by atoms with Crippen molar-refractivity contribution in [3.8, 4) is 0 Å². The molecule has 0 radical (unpaired) electrons. The van der Waals surface area contributed by atoms with Crippen LogP contribution in [0, 0.1) is 0 Å². The van der Waals surface area contributed by atoms with Crippen LogP contribution in [0.25, 0.3) is 0 Å². The summed E-state index contributed by atoms with van der Waals surface area (Å²) in [4.78, 5) is 4.34. The summed E-state index contributed by atoms with van der Waals surface area (Å²) in [7, 11) is 0. The molecule has 0 unspecified atom stereocenters. The molecule has 80 valence electrons. The van der Waals surface area contributed by atoms with Gasteiger partial charge in [0.25, 0.3) is 0 Å². The van der Waals surface area contributed by atoms with Crippen LogP contribution >= 0.6 is 11.5 Å². The molecule has 3 N–H and O–H groups in total. The number of hydrogen-bond donors (Lipinski definition) is 2. The molecular weight excluding hydrogens is 196 g/mol. The van der Waals surface area contributed by atoms with E-state index in [9.17, 15) is 0 Å². The predicted octanol–water partition coefficient (Wildman–Crippen LogP) is 1.64. The number of nitrogens with one attached hydrogen (secondary N) is 1. The van der Waals surface area contributed by atoms with E-state index in [1.54, 1.807) is 0 Å². The zero-order chi connectivity index (χ0) is 10.6. The van der Waals surface area contributed by atoms with Gasteiger partial charge in [-0.15, -0.1) is 0 Å². The Kier molecular flexibility index (Phi) is 3.83. The zero-order valence-electron chi connectivity index (χ0n) is 9.00. The molecule has 14 heavy (non-hydrogen) atoms. The van der Waals surface area contributed by atoms with E-state index in [2.05, 4.69) is 21.6 Å². The average molecular weight is 214 g/mol. The van der Waals surface area contributed by atoms with Crippen molar-refractivity contribution in [2.75, 3.05) is 11.9 Å². The Morgan fingerprint density at radius 3 is 2.79 bits per heavy atom. The summed E-state index contributed by atoms with van der Waals surface area (Å²) in [6.45, 7) is 6.80. The quantitative estimate of drug-likeness (QED) is 0.782. The summed E-state index contributed by atoms with van der Waals surface area (Å²) in [5.41, 5.74) is 5.63. The first-order chi connectivity index (χ1) is 6.51. The lowest BCUT2D eigenvalue weighted by atomic mass is 10.1. The molecule has 0 aliphatic heterocycles. The summed E-state index contributed by atoms with van der Waals surface area (Å²) in [5.74, 6) is 0.926. The second kappa shape index (κ2) is 4.70. The van der Waals surface area contributed by atoms with Gasteiger partial charge in [0.05, 0.1) is 0 Å². The van der Waals surface area contributed by atoms with Gasteiger partial charge < -0.3 is 11.1 Å². The monoisotopic (exact) mass is 214 g/mol. The second-order valence-electron chi connectivity index (χ2n) is 4.11. The van der Waals surface area contributed by atoms with Crippen LogP contribution in [0.1, 0.15) is 33.0 Å². The summed E-state index contributed by atoms with van der Waals surface area (Å²) in [6.07, 6.45) is 2.03. The zero-order valence-corrected chi connectivity index (χ0v) is 9.82. The Hall–Kier alpha value is -0.680. The first-order valence-corrected chi connectivity index (χ1v) is 5.64. The lowest BCUT2D eigenvalue weighted by Gasteiger charge is -2.17. The van der Waals surface area contributed by atoms with Gasteiger partial charge in [-0.2, -0.15) is 4.37 Å². The fraction of sp³-hybridized carbons (Fsp3) is 0.778. The molecule has 0 saturated heterocycles. The van der Waals surface area contributed by atoms with Crippen LogP contribution in [0.2, 0.25) is 0 Å². The topological polar surface area (TPSA) is 63.8 Å². The van der Waals surface area contributed by atoms with Gasteiger partial charge in [-0.25, -0.2) is 4.98 Å². The molecule has 0 fully saturated rings. The van der Waals surface area contributed by atoms with E-state index in [-0.39, 0.29) is 5.54 Å². The van der Waals surface area contributed by atoms with E-state index in [1.807, 2.05) is 13.8 Å². The van der Waals surface area contributed by atoms with E-state index < -0.39 is 0 Å². The first kappa shape index (κ1) is 11.4. The van der Waals surface area contributed by atoms with Gasteiger partial charge in [0, 0.05) is 30.0 Å². The highest BCUT2D eigenvalue weighted by molar-refractivity contribution is 7.09. The molecule has 0 saturated carbocycles. The van der Waals surface area contributed by atoms with E-state index in [1.165, 1.54) is 11.5 Å². The maximum atomic E-state index is 5.84. The van der Waals surface area contributed by atoms with Crippen LogP contribution < -0.4 is 11.1 Å². The van der Waals surface area contributed by atoms with Crippen molar-refractivity contribution in [2.45, 2.75) is 39.2 Å². The van der Waals surface area contributed by atoms with Gasteiger partial charge in [0.1, 0.15) is 5.82 Å². The van der Waals surface area contributed by atoms with Gasteiger partial charge in [-0.1, -0.05) is 6.92 Å². The molecule has 0 aliphatic carbocycles. The van der Waals surface area contributed by atoms with Crippen LogP contribution in [0.15, 0.2) is 0 Å². The minimum Gasteiger partial charge on any atom is -0.358 e. The highest BCUT2D eigenvalue weighted by Gasteiger charge is 2.11. The highest BCUT2D eigenvalue weighted by atomic mass is 32.1. The average Bonchev–Trinajstić information content (AvgIpc) is 2.49. The molecule has 0 bridgehead atoms. The van der Waals surface area contributed by atoms with Crippen molar-refractivity contribution in [3.63, 3.8) is 0 Å². The van der Waals surface area contributed by atoms with Crippen LogP contribution in [-0.2, 0) is 6.42 Å². The first-order valence-electron chi connectivity index (χ1n) is 4.86. The molecule has 4 nitrogen and oxygen atoms in total. The normalized spacial score (nSPS) is 11.7. The Morgan fingerprint density at radius 2 is 2.21 bits per heavy atom. The van der Waals surface area contributed by atoms with E-state index >= 15 is 0 Å². The van der Waals surface area contributed by atoms with Crippen molar-refractivity contribution in [1.29, 1.82) is 0 Å². The lowest BCUT2D eigenvalue weighted by molar-refractivity contribution is 0.549. The number of aromatic nitrogens is 2. The largest absolute Gasteiger partial charge is 0.358 e. The molecule has 1 aromatic heterocycles. The number of aryl methyl sites for hydroxylation is 1. The van der Waals surface area contributed by atoms with Gasteiger partial charge >= 0.3 is 0 Å². The molecule has 0 spiro atoms. The maximum absolute atomic E-state index is 5.84. The van der Waals surface area contributed by atoms with Gasteiger partial charge in [-0.05, 0) is 20.3 Å². The summed E-state index contributed by atoms with van der Waals surface area (Å²) in [5, 5.41) is 4.05. The van der Waals surface area contributed by atoms with Crippen LogP contribution in [0.4, 0.5) is 5.13 Å². The van der Waals surface area contributed by atoms with Crippen molar-refractivity contribution in [2.24, 2.45) is 5.73 Å².